The fourth-order valence-electron chi connectivity index (χ4n) is 2.40. The van der Waals surface area contributed by atoms with Crippen LogP contribution in [0.2, 0.25) is 0 Å². The van der Waals surface area contributed by atoms with Gasteiger partial charge < -0.3 is 5.32 Å². The monoisotopic (exact) mass is 238 g/mol. The maximum Gasteiger partial charge on any atom is 0.0247 e. The Kier molecular flexibility index (Phi) is 4.38. The molecule has 2 rings (SSSR count). The van der Waals surface area contributed by atoms with Crippen molar-refractivity contribution in [2.45, 2.75) is 38.8 Å². The lowest BCUT2D eigenvalue weighted by Gasteiger charge is -2.32. The quantitative estimate of drug-likeness (QED) is 0.793. The molecule has 1 atom stereocenters. The summed E-state index contributed by atoms with van der Waals surface area (Å²) in [5.74, 6) is 0. The van der Waals surface area contributed by atoms with Gasteiger partial charge >= 0.3 is 0 Å². The summed E-state index contributed by atoms with van der Waals surface area (Å²) in [5, 5.41) is 5.46. The van der Waals surface area contributed by atoms with Crippen molar-refractivity contribution in [2.75, 3.05) is 20.1 Å². The van der Waals surface area contributed by atoms with E-state index in [1.54, 1.807) is 10.4 Å². The summed E-state index contributed by atoms with van der Waals surface area (Å²) in [7, 11) is 2.03. The van der Waals surface area contributed by atoms with Gasteiger partial charge in [0.25, 0.3) is 0 Å². The molecule has 0 amide bonds. The van der Waals surface area contributed by atoms with Gasteiger partial charge in [0.05, 0.1) is 0 Å². The highest BCUT2D eigenvalue weighted by atomic mass is 32.1. The Bertz CT molecular complexity index is 321. The molecule has 1 N–H and O–H groups in total. The predicted octanol–water partition coefficient (Wildman–Crippen LogP) is 2.49. The van der Waals surface area contributed by atoms with Crippen LogP contribution in [0.1, 0.15) is 30.2 Å². The molecule has 3 heteroatoms. The summed E-state index contributed by atoms with van der Waals surface area (Å²) in [6, 6.07) is 3.02. The molecule has 1 aliphatic rings. The summed E-state index contributed by atoms with van der Waals surface area (Å²) >= 11 is 1.92. The van der Waals surface area contributed by atoms with Crippen LogP contribution in [-0.4, -0.2) is 31.1 Å². The second-order valence-electron chi connectivity index (χ2n) is 4.68. The number of fused-ring (bicyclic) bond motifs is 1. The van der Waals surface area contributed by atoms with E-state index in [9.17, 15) is 0 Å². The Morgan fingerprint density at radius 2 is 2.44 bits per heavy atom. The van der Waals surface area contributed by atoms with Gasteiger partial charge in [-0.1, -0.05) is 0 Å². The van der Waals surface area contributed by atoms with Gasteiger partial charge in [-0.2, -0.15) is 0 Å². The van der Waals surface area contributed by atoms with E-state index < -0.39 is 0 Å². The number of nitrogens with zero attached hydrogens (tertiary/aromatic N) is 1. The first-order chi connectivity index (χ1) is 7.81. The van der Waals surface area contributed by atoms with E-state index in [2.05, 4.69) is 28.6 Å². The number of hydrogen-bond donors (Lipinski definition) is 1. The first-order valence-electron chi connectivity index (χ1n) is 6.25. The molecule has 16 heavy (non-hydrogen) atoms. The molecule has 0 bridgehead atoms. The topological polar surface area (TPSA) is 15.3 Å². The first-order valence-corrected chi connectivity index (χ1v) is 7.13. The first kappa shape index (κ1) is 12.1. The van der Waals surface area contributed by atoms with Gasteiger partial charge in [0.1, 0.15) is 0 Å². The van der Waals surface area contributed by atoms with Gasteiger partial charge in [0.2, 0.25) is 0 Å². The van der Waals surface area contributed by atoms with Crippen LogP contribution in [0.3, 0.4) is 0 Å². The van der Waals surface area contributed by atoms with Crippen LogP contribution in [0, 0.1) is 0 Å². The maximum atomic E-state index is 3.22. The normalized spacial score (nSPS) is 18.4. The van der Waals surface area contributed by atoms with Gasteiger partial charge in [0.15, 0.2) is 0 Å². The lowest BCUT2D eigenvalue weighted by atomic mass is 10.1. The highest BCUT2D eigenvalue weighted by molar-refractivity contribution is 7.10. The molecule has 0 spiro atoms. The molecule has 0 saturated carbocycles. The summed E-state index contributed by atoms with van der Waals surface area (Å²) in [4.78, 5) is 4.24. The molecule has 0 fully saturated rings. The second kappa shape index (κ2) is 5.80. The fraction of sp³-hybridized carbons (Fsp3) is 0.692. The average molecular weight is 238 g/mol. The minimum atomic E-state index is 0.724. The van der Waals surface area contributed by atoms with E-state index in [0.29, 0.717) is 0 Å². The molecule has 0 radical (unpaired) electrons. The van der Waals surface area contributed by atoms with Gasteiger partial charge in [-0.25, -0.2) is 0 Å². The van der Waals surface area contributed by atoms with Crippen molar-refractivity contribution in [3.8, 4) is 0 Å². The van der Waals surface area contributed by atoms with Crippen molar-refractivity contribution in [1.29, 1.82) is 0 Å². The molecule has 0 saturated heterocycles. The standard InChI is InChI=1S/C13H22N2S/c1-11(4-3-7-14-2)15-8-5-13-12(10-15)6-9-16-13/h6,9,11,14H,3-5,7-8,10H2,1-2H3. The average Bonchev–Trinajstić information content (AvgIpc) is 2.76. The summed E-state index contributed by atoms with van der Waals surface area (Å²) in [5.41, 5.74) is 1.57. The zero-order chi connectivity index (χ0) is 11.4. The molecule has 1 aromatic rings. The number of thiophene rings is 1. The van der Waals surface area contributed by atoms with Crippen LogP contribution in [-0.2, 0) is 13.0 Å². The third-order valence-electron chi connectivity index (χ3n) is 3.51. The number of hydrogen-bond acceptors (Lipinski definition) is 3. The van der Waals surface area contributed by atoms with Crippen molar-refractivity contribution in [1.82, 2.24) is 10.2 Å². The number of rotatable bonds is 5. The summed E-state index contributed by atoms with van der Waals surface area (Å²) < 4.78 is 0. The Morgan fingerprint density at radius 1 is 1.56 bits per heavy atom. The van der Waals surface area contributed by atoms with Crippen LogP contribution >= 0.6 is 11.3 Å². The lowest BCUT2D eigenvalue weighted by Crippen LogP contribution is -2.37. The van der Waals surface area contributed by atoms with E-state index in [1.807, 2.05) is 18.4 Å². The van der Waals surface area contributed by atoms with Crippen molar-refractivity contribution >= 4 is 11.3 Å². The largest absolute Gasteiger partial charge is 0.320 e. The van der Waals surface area contributed by atoms with E-state index in [4.69, 9.17) is 0 Å². The van der Waals surface area contributed by atoms with Crippen molar-refractivity contribution in [3.63, 3.8) is 0 Å². The van der Waals surface area contributed by atoms with Crippen LogP contribution in [0.25, 0.3) is 0 Å². The van der Waals surface area contributed by atoms with Crippen LogP contribution in [0.4, 0.5) is 0 Å². The number of nitrogens with one attached hydrogen (secondary N) is 1. The summed E-state index contributed by atoms with van der Waals surface area (Å²) in [6.45, 7) is 5.92. The SMILES string of the molecule is CNCCCC(C)N1CCc2sccc2C1. The molecular weight excluding hydrogens is 216 g/mol. The molecule has 90 valence electrons. The third kappa shape index (κ3) is 2.84. The van der Waals surface area contributed by atoms with Gasteiger partial charge in [-0.3, -0.25) is 4.90 Å². The van der Waals surface area contributed by atoms with Crippen molar-refractivity contribution in [3.05, 3.63) is 21.9 Å². The molecule has 2 nitrogen and oxygen atoms in total. The Hall–Kier alpha value is -0.380. The van der Waals surface area contributed by atoms with Crippen LogP contribution in [0.5, 0.6) is 0 Å². The molecule has 2 heterocycles. The van der Waals surface area contributed by atoms with Crippen LogP contribution in [0.15, 0.2) is 11.4 Å². The van der Waals surface area contributed by atoms with Gasteiger partial charge in [0, 0.05) is 24.0 Å². The Morgan fingerprint density at radius 3 is 3.25 bits per heavy atom. The third-order valence-corrected chi connectivity index (χ3v) is 4.53. The van der Waals surface area contributed by atoms with Crippen molar-refractivity contribution < 1.29 is 0 Å². The zero-order valence-electron chi connectivity index (χ0n) is 10.3. The summed E-state index contributed by atoms with van der Waals surface area (Å²) in [6.07, 6.45) is 3.84. The highest BCUT2D eigenvalue weighted by Gasteiger charge is 2.20. The molecule has 0 aliphatic carbocycles. The van der Waals surface area contributed by atoms with Gasteiger partial charge in [-0.15, -0.1) is 11.3 Å². The van der Waals surface area contributed by atoms with E-state index in [0.717, 1.165) is 12.6 Å². The minimum Gasteiger partial charge on any atom is -0.320 e. The molecule has 1 aromatic heterocycles. The predicted molar refractivity (Wildman–Crippen MR) is 71.1 cm³/mol. The van der Waals surface area contributed by atoms with Gasteiger partial charge in [-0.05, 0) is 56.8 Å². The Labute approximate surface area is 103 Å². The molecule has 1 aliphatic heterocycles. The smallest absolute Gasteiger partial charge is 0.0247 e. The molecule has 0 aromatic carbocycles. The Balaban J connectivity index is 1.83. The highest BCUT2D eigenvalue weighted by Crippen LogP contribution is 2.25. The van der Waals surface area contributed by atoms with Crippen LogP contribution < -0.4 is 5.32 Å². The zero-order valence-corrected chi connectivity index (χ0v) is 11.1. The van der Waals surface area contributed by atoms with E-state index in [-0.39, 0.29) is 0 Å². The van der Waals surface area contributed by atoms with E-state index >= 15 is 0 Å². The fourth-order valence-corrected chi connectivity index (χ4v) is 3.29. The van der Waals surface area contributed by atoms with E-state index in [1.165, 1.54) is 32.4 Å². The second-order valence-corrected chi connectivity index (χ2v) is 5.68. The molecular formula is C13H22N2S. The van der Waals surface area contributed by atoms with Crippen molar-refractivity contribution in [2.24, 2.45) is 0 Å². The molecule has 1 unspecified atom stereocenters. The maximum absolute atomic E-state index is 3.22. The minimum absolute atomic E-state index is 0.724. The lowest BCUT2D eigenvalue weighted by molar-refractivity contribution is 0.181.